The van der Waals surface area contributed by atoms with Crippen LogP contribution in [0, 0.1) is 16.7 Å². The first kappa shape index (κ1) is 21.5. The fourth-order valence-electron chi connectivity index (χ4n) is 3.99. The van der Waals surface area contributed by atoms with Crippen LogP contribution in [0.5, 0.6) is 0 Å². The number of hydrogen-bond donors (Lipinski definition) is 1. The number of aromatic amines is 1. The summed E-state index contributed by atoms with van der Waals surface area (Å²) >= 11 is 0. The number of rotatable bonds is 4. The lowest BCUT2D eigenvalue weighted by Gasteiger charge is -2.32. The molecule has 0 amide bonds. The number of carbonyl (C=O) groups is 1. The van der Waals surface area contributed by atoms with E-state index in [1.54, 1.807) is 6.33 Å². The van der Waals surface area contributed by atoms with Crippen molar-refractivity contribution in [2.45, 2.75) is 51.2 Å². The smallest absolute Gasteiger partial charge is 0.346 e. The summed E-state index contributed by atoms with van der Waals surface area (Å²) in [5.74, 6) is 0. The molecule has 1 N–H and O–H groups in total. The van der Waals surface area contributed by atoms with Gasteiger partial charge in [-0.3, -0.25) is 9.48 Å². The minimum Gasteiger partial charge on any atom is -0.346 e. The third-order valence-corrected chi connectivity index (χ3v) is 5.52. The Morgan fingerprint density at radius 1 is 1.37 bits per heavy atom. The van der Waals surface area contributed by atoms with Crippen molar-refractivity contribution in [3.63, 3.8) is 0 Å². The Hall–Kier alpha value is -3.22. The van der Waals surface area contributed by atoms with Gasteiger partial charge in [0.05, 0.1) is 30.4 Å². The lowest BCUT2D eigenvalue weighted by molar-refractivity contribution is -0.156. The Morgan fingerprint density at radius 3 is 2.70 bits per heavy atom. The Kier molecular flexibility index (Phi) is 6.20. The molecule has 0 bridgehead atoms. The third-order valence-electron chi connectivity index (χ3n) is 5.52. The highest BCUT2D eigenvalue weighted by atomic mass is 19.4. The van der Waals surface area contributed by atoms with Crippen molar-refractivity contribution in [1.82, 2.24) is 24.7 Å². The van der Waals surface area contributed by atoms with E-state index < -0.39 is 12.5 Å². The molecule has 10 heteroatoms. The summed E-state index contributed by atoms with van der Waals surface area (Å²) in [5.41, 5.74) is 2.81. The fraction of sp³-hybridized carbons (Fsp3) is 0.450. The highest BCUT2D eigenvalue weighted by molar-refractivity contribution is 5.89. The molecule has 1 aliphatic rings. The monoisotopic (exact) mass is 418 g/mol. The second kappa shape index (κ2) is 8.65. The molecule has 0 saturated heterocycles. The van der Waals surface area contributed by atoms with Gasteiger partial charge in [0, 0.05) is 23.3 Å². The van der Waals surface area contributed by atoms with Gasteiger partial charge in [0.1, 0.15) is 12.0 Å². The number of hydrogen-bond acceptors (Lipinski definition) is 5. The van der Waals surface area contributed by atoms with Crippen molar-refractivity contribution in [3.8, 4) is 17.3 Å². The zero-order valence-electron chi connectivity index (χ0n) is 16.4. The molecule has 1 saturated carbocycles. The van der Waals surface area contributed by atoms with Crippen LogP contribution in [-0.2, 0) is 4.79 Å². The number of nitrogens with one attached hydrogen (secondary N) is 1. The summed E-state index contributed by atoms with van der Waals surface area (Å²) < 4.78 is 33.2. The molecule has 0 spiro atoms. The second-order valence-electron chi connectivity index (χ2n) is 7.57. The Labute approximate surface area is 170 Å². The molecule has 3 heterocycles. The van der Waals surface area contributed by atoms with Gasteiger partial charge in [0.25, 0.3) is 0 Å². The maximum atomic E-state index is 10.4. The van der Waals surface area contributed by atoms with Gasteiger partial charge in [0.15, 0.2) is 0 Å². The van der Waals surface area contributed by atoms with E-state index in [1.807, 2.05) is 29.3 Å². The van der Waals surface area contributed by atoms with E-state index in [1.165, 1.54) is 12.8 Å². The summed E-state index contributed by atoms with van der Waals surface area (Å²) in [6.07, 6.45) is 6.88. The largest absolute Gasteiger partial charge is 0.446 e. The molecular weight excluding hydrogens is 397 g/mol. The van der Waals surface area contributed by atoms with Crippen LogP contribution in [0.4, 0.5) is 13.2 Å². The molecular formula is C20H21F3N6O. The fourth-order valence-corrected chi connectivity index (χ4v) is 3.99. The van der Waals surface area contributed by atoms with E-state index in [4.69, 9.17) is 4.79 Å². The zero-order valence-corrected chi connectivity index (χ0v) is 16.4. The SMILES string of the molecule is CC1(C(CC#N)n2cc(-c3ncnc4[nH]ccc34)cn2)CCCC1.O=CC(F)(F)F. The Morgan fingerprint density at radius 2 is 2.07 bits per heavy atom. The summed E-state index contributed by atoms with van der Waals surface area (Å²) in [6, 6.07) is 4.44. The minimum atomic E-state index is -4.64. The number of carbonyl (C=O) groups excluding carboxylic acids is 1. The average Bonchev–Trinajstić information content (AvgIpc) is 3.46. The topological polar surface area (TPSA) is 100 Å². The van der Waals surface area contributed by atoms with Gasteiger partial charge in [-0.15, -0.1) is 0 Å². The number of nitriles is 1. The van der Waals surface area contributed by atoms with Crippen molar-refractivity contribution in [3.05, 3.63) is 31.0 Å². The van der Waals surface area contributed by atoms with Gasteiger partial charge in [0.2, 0.25) is 6.29 Å². The molecule has 158 valence electrons. The van der Waals surface area contributed by atoms with Crippen LogP contribution in [-0.4, -0.2) is 37.2 Å². The number of aldehydes is 1. The van der Waals surface area contributed by atoms with Crippen LogP contribution < -0.4 is 0 Å². The molecule has 4 rings (SSSR count). The van der Waals surface area contributed by atoms with E-state index in [9.17, 15) is 18.4 Å². The lowest BCUT2D eigenvalue weighted by Crippen LogP contribution is -2.27. The predicted molar refractivity (Wildman–Crippen MR) is 103 cm³/mol. The first-order valence-electron chi connectivity index (χ1n) is 9.50. The summed E-state index contributed by atoms with van der Waals surface area (Å²) in [6.45, 7) is 2.29. The van der Waals surface area contributed by atoms with E-state index in [0.29, 0.717) is 6.42 Å². The van der Waals surface area contributed by atoms with Crippen molar-refractivity contribution in [2.24, 2.45) is 5.41 Å². The minimum absolute atomic E-state index is 0.113. The molecule has 0 aromatic carbocycles. The maximum Gasteiger partial charge on any atom is 0.446 e. The molecule has 0 aliphatic heterocycles. The lowest BCUT2D eigenvalue weighted by atomic mass is 9.79. The Balaban J connectivity index is 0.000000377. The summed E-state index contributed by atoms with van der Waals surface area (Å²) in [5, 5.41) is 14.9. The van der Waals surface area contributed by atoms with Crippen molar-refractivity contribution in [2.75, 3.05) is 0 Å². The van der Waals surface area contributed by atoms with Gasteiger partial charge in [-0.05, 0) is 24.3 Å². The quantitative estimate of drug-likeness (QED) is 0.624. The van der Waals surface area contributed by atoms with E-state index in [0.717, 1.165) is 35.1 Å². The number of H-pyrrole nitrogens is 1. The van der Waals surface area contributed by atoms with Crippen LogP contribution in [0.15, 0.2) is 31.0 Å². The summed E-state index contributed by atoms with van der Waals surface area (Å²) in [7, 11) is 0. The normalized spacial score (nSPS) is 16.5. The molecule has 0 radical (unpaired) electrons. The number of fused-ring (bicyclic) bond motifs is 1. The molecule has 1 atom stereocenters. The standard InChI is InChI=1S/C18H20N6.C2HF3O/c1-18(6-2-3-7-18)15(4-8-19)24-11-13(10-23-24)16-14-5-9-20-17(14)22-12-21-16;3-2(4,5)1-6/h5,9-12,15H,2-4,6-7H2,1H3,(H,20,21,22);1H. The molecule has 1 fully saturated rings. The number of alkyl halides is 3. The number of nitrogens with zero attached hydrogens (tertiary/aromatic N) is 5. The molecule has 30 heavy (non-hydrogen) atoms. The average molecular weight is 418 g/mol. The predicted octanol–water partition coefficient (Wildman–Crippen LogP) is 4.60. The zero-order chi connectivity index (χ0) is 21.8. The van der Waals surface area contributed by atoms with Crippen LogP contribution >= 0.6 is 0 Å². The number of halogens is 3. The molecule has 3 aromatic rings. The van der Waals surface area contributed by atoms with Crippen molar-refractivity contribution < 1.29 is 18.0 Å². The van der Waals surface area contributed by atoms with Gasteiger partial charge in [-0.1, -0.05) is 19.8 Å². The van der Waals surface area contributed by atoms with E-state index in [2.05, 4.69) is 33.0 Å². The second-order valence-corrected chi connectivity index (χ2v) is 7.57. The van der Waals surface area contributed by atoms with Crippen LogP contribution in [0.2, 0.25) is 0 Å². The highest BCUT2D eigenvalue weighted by Crippen LogP contribution is 2.47. The first-order valence-corrected chi connectivity index (χ1v) is 9.50. The van der Waals surface area contributed by atoms with E-state index in [-0.39, 0.29) is 11.5 Å². The molecule has 7 nitrogen and oxygen atoms in total. The Bertz CT molecular complexity index is 1040. The number of aromatic nitrogens is 5. The molecule has 3 aromatic heterocycles. The van der Waals surface area contributed by atoms with Crippen molar-refractivity contribution in [1.29, 1.82) is 5.26 Å². The van der Waals surface area contributed by atoms with Gasteiger partial charge >= 0.3 is 6.18 Å². The third kappa shape index (κ3) is 4.67. The summed E-state index contributed by atoms with van der Waals surface area (Å²) in [4.78, 5) is 20.5. The first-order chi connectivity index (χ1) is 14.3. The molecule has 1 aliphatic carbocycles. The van der Waals surface area contributed by atoms with E-state index >= 15 is 0 Å². The van der Waals surface area contributed by atoms with Crippen molar-refractivity contribution >= 4 is 17.3 Å². The van der Waals surface area contributed by atoms with Gasteiger partial charge in [-0.25, -0.2) is 9.97 Å². The molecule has 1 unspecified atom stereocenters. The van der Waals surface area contributed by atoms with Gasteiger partial charge < -0.3 is 4.98 Å². The van der Waals surface area contributed by atoms with Crippen LogP contribution in [0.3, 0.4) is 0 Å². The maximum absolute atomic E-state index is 10.4. The van der Waals surface area contributed by atoms with Crippen LogP contribution in [0.1, 0.15) is 45.1 Å². The van der Waals surface area contributed by atoms with Crippen LogP contribution in [0.25, 0.3) is 22.3 Å². The highest BCUT2D eigenvalue weighted by Gasteiger charge is 2.38. The van der Waals surface area contributed by atoms with Gasteiger partial charge in [-0.2, -0.15) is 23.5 Å².